The van der Waals surface area contributed by atoms with Crippen molar-refractivity contribution in [1.29, 1.82) is 0 Å². The van der Waals surface area contributed by atoms with Crippen LogP contribution >= 0.6 is 0 Å². The Bertz CT molecular complexity index is 1300. The minimum Gasteiger partial charge on any atom is -0.478 e. The van der Waals surface area contributed by atoms with E-state index in [0.717, 1.165) is 58.5 Å². The van der Waals surface area contributed by atoms with Gasteiger partial charge in [0.2, 0.25) is 5.36 Å². The molecule has 0 radical (unpaired) electrons. The highest BCUT2D eigenvalue weighted by molar-refractivity contribution is 6.07. The molecule has 2 aromatic rings. The minimum absolute atomic E-state index is 0.278. The van der Waals surface area contributed by atoms with Crippen molar-refractivity contribution in [2.75, 3.05) is 25.0 Å². The third-order valence-electron chi connectivity index (χ3n) is 5.64. The second-order valence-electron chi connectivity index (χ2n) is 7.42. The number of nitrogens with zero attached hydrogens (tertiary/aromatic N) is 1. The molecule has 1 aliphatic heterocycles. The maximum absolute atomic E-state index is 12.0. The number of rotatable bonds is 6. The second-order valence-corrected chi connectivity index (χ2v) is 7.42. The number of carboxylic acid groups (broad SMARTS) is 1. The van der Waals surface area contributed by atoms with Gasteiger partial charge in [-0.1, -0.05) is 18.2 Å². The molecular formula is C26H27N2O3+. The van der Waals surface area contributed by atoms with Gasteiger partial charge in [0.25, 0.3) is 0 Å². The zero-order valence-electron chi connectivity index (χ0n) is 18.1. The lowest BCUT2D eigenvalue weighted by molar-refractivity contribution is 0.0697. The van der Waals surface area contributed by atoms with Crippen LogP contribution in [0.1, 0.15) is 31.1 Å². The zero-order chi connectivity index (χ0) is 22.0. The summed E-state index contributed by atoms with van der Waals surface area (Å²) >= 11 is 0. The Labute approximate surface area is 181 Å². The van der Waals surface area contributed by atoms with Crippen LogP contribution in [0.2, 0.25) is 0 Å². The molecule has 0 amide bonds. The lowest BCUT2D eigenvalue weighted by Crippen LogP contribution is -2.29. The SMILES string of the molecule is CCNc1ccc2c(-c3ccccc3C(=O)O)c3ccc(=[N+](CC)CC)cc-3oc2c1. The van der Waals surface area contributed by atoms with Gasteiger partial charge in [0.15, 0.2) is 0 Å². The smallest absolute Gasteiger partial charge is 0.336 e. The Balaban J connectivity index is 2.14. The van der Waals surface area contributed by atoms with Gasteiger partial charge in [0, 0.05) is 40.9 Å². The van der Waals surface area contributed by atoms with Crippen LogP contribution in [0.15, 0.2) is 65.1 Å². The number of anilines is 1. The third kappa shape index (κ3) is 3.79. The van der Waals surface area contributed by atoms with Crippen LogP contribution in [-0.4, -0.2) is 30.7 Å². The van der Waals surface area contributed by atoms with E-state index in [4.69, 9.17) is 4.42 Å². The maximum atomic E-state index is 12.0. The molecule has 158 valence electrons. The van der Waals surface area contributed by atoms with Gasteiger partial charge < -0.3 is 14.8 Å². The first kappa shape index (κ1) is 20.7. The summed E-state index contributed by atoms with van der Waals surface area (Å²) in [5.41, 5.74) is 4.43. The van der Waals surface area contributed by atoms with Gasteiger partial charge in [-0.3, -0.25) is 0 Å². The number of benzene rings is 3. The van der Waals surface area contributed by atoms with E-state index in [2.05, 4.69) is 35.9 Å². The molecule has 5 heteroatoms. The monoisotopic (exact) mass is 415 g/mol. The van der Waals surface area contributed by atoms with E-state index in [1.807, 2.05) is 43.3 Å². The van der Waals surface area contributed by atoms with Crippen molar-refractivity contribution in [3.8, 4) is 22.5 Å². The third-order valence-corrected chi connectivity index (χ3v) is 5.64. The molecule has 4 rings (SSSR count). The molecule has 1 aliphatic carbocycles. The van der Waals surface area contributed by atoms with E-state index in [1.54, 1.807) is 12.1 Å². The normalized spacial score (nSPS) is 11.1. The molecule has 0 saturated carbocycles. The molecule has 0 atom stereocenters. The number of fused-ring (bicyclic) bond motifs is 2. The van der Waals surface area contributed by atoms with Crippen LogP contribution in [0.25, 0.3) is 33.4 Å². The van der Waals surface area contributed by atoms with Crippen LogP contribution in [-0.2, 0) is 0 Å². The highest BCUT2D eigenvalue weighted by Gasteiger charge is 2.22. The summed E-state index contributed by atoms with van der Waals surface area (Å²) in [5.74, 6) is -0.206. The fourth-order valence-electron chi connectivity index (χ4n) is 4.16. The van der Waals surface area contributed by atoms with Crippen molar-refractivity contribution >= 4 is 22.6 Å². The molecule has 0 saturated heterocycles. The van der Waals surface area contributed by atoms with Crippen LogP contribution in [0, 0.1) is 0 Å². The van der Waals surface area contributed by atoms with Gasteiger partial charge in [-0.2, -0.15) is 0 Å². The second kappa shape index (κ2) is 8.64. The summed E-state index contributed by atoms with van der Waals surface area (Å²) < 4.78 is 8.62. The fourth-order valence-corrected chi connectivity index (χ4v) is 4.16. The minimum atomic E-state index is -0.943. The highest BCUT2D eigenvalue weighted by atomic mass is 16.4. The number of nitrogens with one attached hydrogen (secondary N) is 1. The van der Waals surface area contributed by atoms with Crippen molar-refractivity contribution in [3.05, 3.63) is 71.6 Å². The first-order valence-electron chi connectivity index (χ1n) is 10.7. The van der Waals surface area contributed by atoms with E-state index in [1.165, 1.54) is 0 Å². The summed E-state index contributed by atoms with van der Waals surface area (Å²) in [6.45, 7) is 8.90. The summed E-state index contributed by atoms with van der Waals surface area (Å²) in [7, 11) is 0. The van der Waals surface area contributed by atoms with Crippen molar-refractivity contribution in [3.63, 3.8) is 0 Å². The van der Waals surface area contributed by atoms with Gasteiger partial charge >= 0.3 is 5.97 Å². The van der Waals surface area contributed by atoms with Crippen LogP contribution < -0.4 is 15.2 Å². The molecule has 0 bridgehead atoms. The molecule has 0 unspecified atom stereocenters. The average molecular weight is 416 g/mol. The Morgan fingerprint density at radius 2 is 1.74 bits per heavy atom. The van der Waals surface area contributed by atoms with E-state index in [9.17, 15) is 9.90 Å². The van der Waals surface area contributed by atoms with Crippen molar-refractivity contribution in [2.24, 2.45) is 0 Å². The average Bonchev–Trinajstić information content (AvgIpc) is 2.78. The lowest BCUT2D eigenvalue weighted by Gasteiger charge is -2.17. The van der Waals surface area contributed by atoms with Crippen LogP contribution in [0.5, 0.6) is 0 Å². The summed E-state index contributed by atoms with van der Waals surface area (Å²) in [6, 6.07) is 19.3. The Hall–Kier alpha value is -3.60. The molecule has 0 spiro atoms. The standard InChI is InChI=1S/C26H26N2O3/c1-4-27-17-11-13-21-23(15-17)31-24-16-18(28(5-2)6-3)12-14-22(24)25(21)19-9-7-8-10-20(19)26(29)30/h7-16H,4-6H2,1-3H3,(H,29,30)/p+1. The number of carboxylic acids is 1. The largest absolute Gasteiger partial charge is 0.478 e. The van der Waals surface area contributed by atoms with E-state index < -0.39 is 5.97 Å². The first-order valence-corrected chi connectivity index (χ1v) is 10.7. The number of hydrogen-bond donors (Lipinski definition) is 2. The number of carbonyl (C=O) groups is 1. The van der Waals surface area contributed by atoms with Gasteiger partial charge in [-0.25, -0.2) is 9.37 Å². The molecule has 5 nitrogen and oxygen atoms in total. The fraction of sp³-hybridized carbons (Fsp3) is 0.231. The van der Waals surface area contributed by atoms with Crippen molar-refractivity contribution < 1.29 is 14.3 Å². The Kier molecular flexibility index (Phi) is 5.76. The maximum Gasteiger partial charge on any atom is 0.336 e. The highest BCUT2D eigenvalue weighted by Crippen LogP contribution is 2.41. The van der Waals surface area contributed by atoms with E-state index in [-0.39, 0.29) is 5.56 Å². The van der Waals surface area contributed by atoms with E-state index in [0.29, 0.717) is 5.56 Å². The molecule has 2 N–H and O–H groups in total. The molecule has 1 heterocycles. The topological polar surface area (TPSA) is 65.5 Å². The Morgan fingerprint density at radius 1 is 0.968 bits per heavy atom. The lowest BCUT2D eigenvalue weighted by atomic mass is 9.90. The molecule has 0 aromatic heterocycles. The van der Waals surface area contributed by atoms with Crippen molar-refractivity contribution in [2.45, 2.75) is 20.8 Å². The van der Waals surface area contributed by atoms with Crippen LogP contribution in [0.4, 0.5) is 5.69 Å². The van der Waals surface area contributed by atoms with Crippen molar-refractivity contribution in [1.82, 2.24) is 4.58 Å². The quantitative estimate of drug-likeness (QED) is 0.338. The molecule has 31 heavy (non-hydrogen) atoms. The van der Waals surface area contributed by atoms with Gasteiger partial charge in [0.1, 0.15) is 24.4 Å². The summed E-state index contributed by atoms with van der Waals surface area (Å²) in [4.78, 5) is 12.0. The van der Waals surface area contributed by atoms with E-state index >= 15 is 0 Å². The Morgan fingerprint density at radius 3 is 2.45 bits per heavy atom. The first-order chi connectivity index (χ1) is 15.1. The summed E-state index contributed by atoms with van der Waals surface area (Å²) in [6.07, 6.45) is 0. The summed E-state index contributed by atoms with van der Waals surface area (Å²) in [5, 5.41) is 15.1. The predicted octanol–water partition coefficient (Wildman–Crippen LogP) is 5.15. The molecule has 0 fully saturated rings. The van der Waals surface area contributed by atoms with Gasteiger partial charge in [-0.15, -0.1) is 0 Å². The van der Waals surface area contributed by atoms with Gasteiger partial charge in [-0.05, 0) is 50.6 Å². The molecule has 2 aliphatic rings. The van der Waals surface area contributed by atoms with Gasteiger partial charge in [0.05, 0.1) is 11.6 Å². The molecule has 2 aromatic carbocycles. The van der Waals surface area contributed by atoms with Crippen LogP contribution in [0.3, 0.4) is 0 Å². The number of hydrogen-bond acceptors (Lipinski definition) is 3. The predicted molar refractivity (Wildman–Crippen MR) is 126 cm³/mol. The zero-order valence-corrected chi connectivity index (χ0v) is 18.1. The molecular weight excluding hydrogens is 388 g/mol. The number of aromatic carboxylic acids is 1.